The van der Waals surface area contributed by atoms with E-state index in [9.17, 15) is 39.9 Å². The molecule has 422 valence electrons. The molecule has 1 saturated carbocycles. The van der Waals surface area contributed by atoms with Crippen LogP contribution in [0.15, 0.2) is 35.5 Å². The van der Waals surface area contributed by atoms with Gasteiger partial charge in [-0.3, -0.25) is 19.4 Å². The number of methoxy groups -OCH3 is 3. The van der Waals surface area contributed by atoms with E-state index in [1.165, 1.54) is 30.8 Å². The Bertz CT molecular complexity index is 1870. The number of Topliss-reactive ketones (excluding diaryl/α,β-unsaturated/α-hetero) is 1. The number of nitrogens with zero attached hydrogens (tertiary/aromatic N) is 4. The SMILES string of the molecule is CO[C@H]1C[C@@H](C)C/C(C)=C/[C@@H](C/C=C/CO)C(=O)C[C@H](O)[C@@H](C)[C@@H](/C(C)=C/[C@@H]2CC[C@@H](OC(O)N3CCN(CCN4CCCC4)CC3)[C@H](OC)C2)OC(=O)[C@@H]2CCCCN2C(=O)C(O)[C@]2(O)O[C@H]1[C@@H](OC)C[C@H]2C. The van der Waals surface area contributed by atoms with Crippen LogP contribution in [-0.4, -0.2) is 217 Å². The molecule has 0 aromatic carbocycles. The Morgan fingerprint density at radius 2 is 1.46 bits per heavy atom. The van der Waals surface area contributed by atoms with Crippen molar-refractivity contribution in [1.82, 2.24) is 19.6 Å². The first-order valence-corrected chi connectivity index (χ1v) is 27.9. The second-order valence-electron chi connectivity index (χ2n) is 22.7. The molecule has 5 fully saturated rings. The minimum atomic E-state index is -2.35. The number of aliphatic hydroxyl groups excluding tert-OH is 4. The molecule has 0 aromatic rings. The quantitative estimate of drug-likeness (QED) is 0.0949. The van der Waals surface area contributed by atoms with Crippen molar-refractivity contribution in [2.24, 2.45) is 29.6 Å². The number of piperazine rings is 1. The molecule has 5 N–H and O–H groups in total. The Balaban J connectivity index is 1.24. The number of rotatable bonds is 14. The molecule has 18 heteroatoms. The monoisotopic (exact) mass is 1050 g/mol. The molecule has 1 amide bonds. The average molecular weight is 1050 g/mol. The van der Waals surface area contributed by atoms with Gasteiger partial charge in [0.05, 0.1) is 37.1 Å². The van der Waals surface area contributed by atoms with Gasteiger partial charge in [-0.2, -0.15) is 0 Å². The van der Waals surface area contributed by atoms with E-state index in [4.69, 9.17) is 28.4 Å². The third-order valence-electron chi connectivity index (χ3n) is 17.2. The zero-order valence-electron chi connectivity index (χ0n) is 45.9. The van der Waals surface area contributed by atoms with E-state index in [1.54, 1.807) is 47.3 Å². The summed E-state index contributed by atoms with van der Waals surface area (Å²) in [7, 11) is 4.73. The van der Waals surface area contributed by atoms with Crippen molar-refractivity contribution in [3.63, 3.8) is 0 Å². The summed E-state index contributed by atoms with van der Waals surface area (Å²) in [4.78, 5) is 51.8. The van der Waals surface area contributed by atoms with Gasteiger partial charge in [-0.1, -0.05) is 50.6 Å². The maximum absolute atomic E-state index is 14.7. The van der Waals surface area contributed by atoms with Crippen LogP contribution < -0.4 is 0 Å². The van der Waals surface area contributed by atoms with E-state index >= 15 is 0 Å². The molecule has 6 aliphatic rings. The Hall–Kier alpha value is -2.69. The Morgan fingerprint density at radius 3 is 2.12 bits per heavy atom. The smallest absolute Gasteiger partial charge is 0.329 e. The zero-order valence-corrected chi connectivity index (χ0v) is 45.9. The van der Waals surface area contributed by atoms with Gasteiger partial charge in [0.1, 0.15) is 24.0 Å². The summed E-state index contributed by atoms with van der Waals surface area (Å²) in [5.74, 6) is -6.37. The number of aliphatic hydroxyl groups is 5. The van der Waals surface area contributed by atoms with Crippen molar-refractivity contribution >= 4 is 17.7 Å². The van der Waals surface area contributed by atoms with Gasteiger partial charge >= 0.3 is 5.97 Å². The fourth-order valence-corrected chi connectivity index (χ4v) is 12.6. The zero-order chi connectivity index (χ0) is 53.7. The third-order valence-corrected chi connectivity index (χ3v) is 17.2. The predicted molar refractivity (Wildman–Crippen MR) is 278 cm³/mol. The van der Waals surface area contributed by atoms with Gasteiger partial charge in [0.25, 0.3) is 5.91 Å². The van der Waals surface area contributed by atoms with E-state index in [0.29, 0.717) is 70.0 Å². The highest BCUT2D eigenvalue weighted by Gasteiger charge is 2.56. The first-order valence-electron chi connectivity index (χ1n) is 27.9. The van der Waals surface area contributed by atoms with Crippen LogP contribution in [-0.2, 0) is 42.8 Å². The highest BCUT2D eigenvalue weighted by atomic mass is 16.7. The largest absolute Gasteiger partial charge is 0.456 e. The lowest BCUT2D eigenvalue weighted by atomic mass is 9.81. The van der Waals surface area contributed by atoms with Crippen molar-refractivity contribution in [2.75, 3.05) is 86.8 Å². The molecule has 5 heterocycles. The second kappa shape index (κ2) is 28.8. The first-order chi connectivity index (χ1) is 35.4. The number of carbonyl (C=O) groups is 3. The molecule has 2 unspecified atom stereocenters. The number of hydrogen-bond donors (Lipinski definition) is 5. The Labute approximate surface area is 441 Å². The molecule has 5 aliphatic heterocycles. The van der Waals surface area contributed by atoms with Crippen molar-refractivity contribution in [1.29, 1.82) is 0 Å². The molecule has 0 aromatic heterocycles. The number of fused-ring (bicyclic) bond motifs is 3. The molecule has 2 bridgehead atoms. The van der Waals surface area contributed by atoms with E-state index in [2.05, 4.69) is 9.80 Å². The summed E-state index contributed by atoms with van der Waals surface area (Å²) in [5, 5.41) is 57.2. The molecule has 6 rings (SSSR count). The second-order valence-corrected chi connectivity index (χ2v) is 22.7. The summed E-state index contributed by atoms with van der Waals surface area (Å²) < 4.78 is 37.1. The topological polar surface area (TPSA) is 221 Å². The number of amides is 1. The lowest BCUT2D eigenvalue weighted by Gasteiger charge is -2.49. The van der Waals surface area contributed by atoms with Crippen LogP contribution in [0.1, 0.15) is 118 Å². The standard InChI is InChI=1S/C56H94N4O14/c1-36-29-37(2)31-48(70-7)51-49(71-8)33-39(4)56(68,74-51)52(64)53(65)60-21-11-9-16-43(60)54(66)73-50(40(5)44(62)35-45(63)42(30-36)15-10-14-28-61)38(3)32-41-17-18-46(47(34-41)69-6)72-55(67)59-26-24-58(25-27-59)23-22-57-19-12-13-20-57/h10,14,30,32,37,39-44,46-52,55,61-62,64,67-68H,9,11-13,15-29,31,33-35H2,1-8H3/b14-10+,36-30+,38-32+/t37-,39+,40+,41-,42+,43-,44-,46+,47+,48-,49-,50+,51+,52?,55?,56+/m0/s1. The summed E-state index contributed by atoms with van der Waals surface area (Å²) in [5.41, 5.74) is 1.59. The van der Waals surface area contributed by atoms with Crippen LogP contribution >= 0.6 is 0 Å². The fourth-order valence-electron chi connectivity index (χ4n) is 12.6. The van der Waals surface area contributed by atoms with Gasteiger partial charge in [-0.05, 0) is 121 Å². The maximum Gasteiger partial charge on any atom is 0.329 e. The number of esters is 1. The van der Waals surface area contributed by atoms with Gasteiger partial charge in [0, 0.05) is 91.3 Å². The van der Waals surface area contributed by atoms with Gasteiger partial charge in [-0.25, -0.2) is 4.79 Å². The van der Waals surface area contributed by atoms with Crippen molar-refractivity contribution in [3.05, 3.63) is 35.5 Å². The van der Waals surface area contributed by atoms with Crippen LogP contribution in [0.5, 0.6) is 0 Å². The number of likely N-dealkylation sites (tertiary alicyclic amines) is 1. The van der Waals surface area contributed by atoms with Crippen LogP contribution in [0, 0.1) is 29.6 Å². The normalized spacial score (nSPS) is 39.0. The van der Waals surface area contributed by atoms with Crippen molar-refractivity contribution < 1.29 is 68.3 Å². The van der Waals surface area contributed by atoms with Crippen molar-refractivity contribution in [3.8, 4) is 0 Å². The molecule has 0 spiro atoms. The van der Waals surface area contributed by atoms with Crippen molar-refractivity contribution in [2.45, 2.75) is 185 Å². The number of ether oxygens (including phenoxy) is 6. The molecular formula is C56H94N4O14. The lowest BCUT2D eigenvalue weighted by Crippen LogP contribution is -2.66. The molecular weight excluding hydrogens is 953 g/mol. The molecule has 1 aliphatic carbocycles. The highest BCUT2D eigenvalue weighted by molar-refractivity contribution is 5.88. The van der Waals surface area contributed by atoms with E-state index in [0.717, 1.165) is 31.8 Å². The number of allylic oxidation sites excluding steroid dienone is 4. The minimum Gasteiger partial charge on any atom is -0.456 e. The van der Waals surface area contributed by atoms with Gasteiger partial charge < -0.3 is 63.8 Å². The average Bonchev–Trinajstić information content (AvgIpc) is 3.92. The maximum atomic E-state index is 14.7. The number of cyclic esters (lactones) is 1. The number of ketones is 1. The first kappa shape index (κ1) is 60.5. The van der Waals surface area contributed by atoms with Gasteiger partial charge in [0.2, 0.25) is 12.2 Å². The van der Waals surface area contributed by atoms with Crippen LogP contribution in [0.2, 0.25) is 0 Å². The fraction of sp³-hybridized carbons (Fsp3) is 0.839. The number of hydrogen-bond acceptors (Lipinski definition) is 17. The van der Waals surface area contributed by atoms with Gasteiger partial charge in [0.15, 0.2) is 6.10 Å². The van der Waals surface area contributed by atoms with E-state index in [-0.39, 0.29) is 62.2 Å². The summed E-state index contributed by atoms with van der Waals surface area (Å²) in [6.07, 6.45) is 6.34. The third kappa shape index (κ3) is 15.7. The Morgan fingerprint density at radius 1 is 0.811 bits per heavy atom. The molecule has 16 atom stereocenters. The minimum absolute atomic E-state index is 0.0125. The van der Waals surface area contributed by atoms with Crippen LogP contribution in [0.3, 0.4) is 0 Å². The number of piperidine rings is 1. The summed E-state index contributed by atoms with van der Waals surface area (Å²) >= 11 is 0. The van der Waals surface area contributed by atoms with Gasteiger partial charge in [-0.15, -0.1) is 0 Å². The lowest BCUT2D eigenvalue weighted by molar-refractivity contribution is -0.346. The molecule has 74 heavy (non-hydrogen) atoms. The predicted octanol–water partition coefficient (Wildman–Crippen LogP) is 3.81. The summed E-state index contributed by atoms with van der Waals surface area (Å²) in [6.45, 7) is 16.8. The molecule has 18 nitrogen and oxygen atoms in total. The molecule has 4 saturated heterocycles. The summed E-state index contributed by atoms with van der Waals surface area (Å²) in [6, 6.07) is -1.12. The molecule has 0 radical (unpaired) electrons. The number of carbonyl (C=O) groups excluding carboxylic acids is 3. The van der Waals surface area contributed by atoms with E-state index < -0.39 is 84.5 Å². The van der Waals surface area contributed by atoms with E-state index in [1.807, 2.05) is 37.8 Å². The van der Waals surface area contributed by atoms with Crippen LogP contribution in [0.4, 0.5) is 0 Å². The Kier molecular flexibility index (Phi) is 23.6. The van der Waals surface area contributed by atoms with Crippen LogP contribution in [0.25, 0.3) is 0 Å². The highest BCUT2D eigenvalue weighted by Crippen LogP contribution is 2.41.